The average molecular weight is 580 g/mol. The van der Waals surface area contributed by atoms with Gasteiger partial charge < -0.3 is 9.55 Å². The molecule has 31 heavy (non-hydrogen) atoms. The molecule has 0 saturated heterocycles. The number of hydrogen-bond donors (Lipinski definition) is 0. The van der Waals surface area contributed by atoms with Gasteiger partial charge in [-0.1, -0.05) is 42.5 Å². The Morgan fingerprint density at radius 1 is 0.677 bits per heavy atom. The van der Waals surface area contributed by atoms with Gasteiger partial charge in [-0.25, -0.2) is 0 Å². The average Bonchev–Trinajstić information content (AvgIpc) is 3.23. The summed E-state index contributed by atoms with van der Waals surface area (Å²) >= 11 is 0. The van der Waals surface area contributed by atoms with Gasteiger partial charge in [0.15, 0.2) is 0 Å². The first-order chi connectivity index (χ1) is 14.8. The molecule has 0 saturated carbocycles. The SMILES string of the molecule is Cn1c(-c2ccccc2)cnc1-c1[c-]cccc1.[Ir].[c-]1ccccc1-c1ccccn1. The molecule has 0 unspecified atom stereocenters. The van der Waals surface area contributed by atoms with E-state index in [9.17, 15) is 0 Å². The predicted molar refractivity (Wildman–Crippen MR) is 121 cm³/mol. The van der Waals surface area contributed by atoms with E-state index in [2.05, 4.69) is 38.8 Å². The van der Waals surface area contributed by atoms with Crippen molar-refractivity contribution in [1.29, 1.82) is 0 Å². The minimum Gasteiger partial charge on any atom is -0.367 e. The molecular formula is C27H21IrN3-2. The summed E-state index contributed by atoms with van der Waals surface area (Å²) < 4.78 is 2.10. The van der Waals surface area contributed by atoms with Crippen LogP contribution in [-0.2, 0) is 27.2 Å². The first kappa shape index (κ1) is 22.4. The fraction of sp³-hybridized carbons (Fsp3) is 0.0370. The fourth-order valence-corrected chi connectivity index (χ4v) is 3.14. The molecule has 0 N–H and O–H groups in total. The van der Waals surface area contributed by atoms with Crippen molar-refractivity contribution < 1.29 is 20.1 Å². The van der Waals surface area contributed by atoms with Gasteiger partial charge in [-0.2, -0.15) is 0 Å². The maximum atomic E-state index is 4.49. The van der Waals surface area contributed by atoms with Crippen molar-refractivity contribution in [1.82, 2.24) is 14.5 Å². The maximum Gasteiger partial charge on any atom is 0.0587 e. The molecule has 0 aliphatic heterocycles. The van der Waals surface area contributed by atoms with E-state index >= 15 is 0 Å². The molecule has 3 aromatic carbocycles. The molecule has 0 amide bonds. The predicted octanol–water partition coefficient (Wildman–Crippen LogP) is 6.10. The van der Waals surface area contributed by atoms with Gasteiger partial charge in [0.05, 0.1) is 11.5 Å². The molecule has 0 bridgehead atoms. The van der Waals surface area contributed by atoms with Gasteiger partial charge in [0.2, 0.25) is 0 Å². The maximum absolute atomic E-state index is 4.49. The van der Waals surface area contributed by atoms with Crippen LogP contribution in [0.4, 0.5) is 0 Å². The third kappa shape index (κ3) is 5.63. The molecule has 2 heterocycles. The van der Waals surface area contributed by atoms with Crippen LogP contribution in [0.5, 0.6) is 0 Å². The number of aromatic nitrogens is 3. The molecule has 4 heteroatoms. The van der Waals surface area contributed by atoms with Crippen molar-refractivity contribution in [3.63, 3.8) is 0 Å². The van der Waals surface area contributed by atoms with Crippen LogP contribution in [0, 0.1) is 12.1 Å². The van der Waals surface area contributed by atoms with Crippen molar-refractivity contribution in [2.24, 2.45) is 7.05 Å². The third-order valence-corrected chi connectivity index (χ3v) is 4.66. The van der Waals surface area contributed by atoms with Gasteiger partial charge in [0, 0.05) is 39.5 Å². The van der Waals surface area contributed by atoms with E-state index in [1.54, 1.807) is 6.20 Å². The largest absolute Gasteiger partial charge is 0.367 e. The first-order valence-corrected chi connectivity index (χ1v) is 9.75. The van der Waals surface area contributed by atoms with Crippen LogP contribution < -0.4 is 0 Å². The zero-order valence-electron chi connectivity index (χ0n) is 17.1. The van der Waals surface area contributed by atoms with Gasteiger partial charge in [-0.05, 0) is 17.3 Å². The molecule has 2 aromatic heterocycles. The summed E-state index contributed by atoms with van der Waals surface area (Å²) in [7, 11) is 2.03. The number of nitrogens with zero attached hydrogens (tertiary/aromatic N) is 3. The normalized spacial score (nSPS) is 9.84. The zero-order valence-corrected chi connectivity index (χ0v) is 19.5. The molecule has 3 nitrogen and oxygen atoms in total. The van der Waals surface area contributed by atoms with Crippen molar-refractivity contribution in [3.05, 3.63) is 122 Å². The summed E-state index contributed by atoms with van der Waals surface area (Å²) in [5.41, 5.74) is 5.32. The van der Waals surface area contributed by atoms with Gasteiger partial charge >= 0.3 is 0 Å². The molecule has 1 radical (unpaired) electrons. The van der Waals surface area contributed by atoms with E-state index in [-0.39, 0.29) is 20.1 Å². The summed E-state index contributed by atoms with van der Waals surface area (Å²) in [5, 5.41) is 0. The summed E-state index contributed by atoms with van der Waals surface area (Å²) in [6, 6.07) is 38.2. The molecule has 0 aliphatic rings. The Balaban J connectivity index is 0.000000183. The van der Waals surface area contributed by atoms with E-state index in [0.717, 1.165) is 28.3 Å². The topological polar surface area (TPSA) is 30.7 Å². The molecule has 0 spiro atoms. The number of rotatable bonds is 3. The van der Waals surface area contributed by atoms with Crippen LogP contribution in [0.1, 0.15) is 0 Å². The van der Waals surface area contributed by atoms with E-state index in [0.29, 0.717) is 0 Å². The number of imidazole rings is 1. The quantitative estimate of drug-likeness (QED) is 0.242. The minimum atomic E-state index is 0. The van der Waals surface area contributed by atoms with Gasteiger partial charge in [-0.15, -0.1) is 71.8 Å². The van der Waals surface area contributed by atoms with Crippen molar-refractivity contribution in [2.45, 2.75) is 0 Å². The summed E-state index contributed by atoms with van der Waals surface area (Å²) in [6.07, 6.45) is 3.70. The van der Waals surface area contributed by atoms with E-state index in [1.807, 2.05) is 98.2 Å². The molecule has 155 valence electrons. The van der Waals surface area contributed by atoms with Crippen LogP contribution in [-0.4, -0.2) is 14.5 Å². The number of benzene rings is 3. The molecule has 5 aromatic rings. The van der Waals surface area contributed by atoms with Gasteiger partial charge in [0.25, 0.3) is 0 Å². The van der Waals surface area contributed by atoms with Crippen LogP contribution in [0.2, 0.25) is 0 Å². The Bertz CT molecular complexity index is 1080. The van der Waals surface area contributed by atoms with Crippen LogP contribution in [0.3, 0.4) is 0 Å². The van der Waals surface area contributed by atoms with Crippen molar-refractivity contribution >= 4 is 0 Å². The van der Waals surface area contributed by atoms with Crippen molar-refractivity contribution in [3.8, 4) is 33.9 Å². The van der Waals surface area contributed by atoms with Crippen LogP contribution in [0.15, 0.2) is 109 Å². The Labute approximate surface area is 196 Å². The van der Waals surface area contributed by atoms with Gasteiger partial charge in [0.1, 0.15) is 0 Å². The van der Waals surface area contributed by atoms with Crippen LogP contribution >= 0.6 is 0 Å². The van der Waals surface area contributed by atoms with E-state index in [4.69, 9.17) is 0 Å². The van der Waals surface area contributed by atoms with Crippen LogP contribution in [0.25, 0.3) is 33.9 Å². The molecule has 0 atom stereocenters. The monoisotopic (exact) mass is 580 g/mol. The molecule has 5 rings (SSSR count). The summed E-state index contributed by atoms with van der Waals surface area (Å²) in [5.74, 6) is 0.939. The van der Waals surface area contributed by atoms with Crippen molar-refractivity contribution in [2.75, 3.05) is 0 Å². The molecule has 0 fully saturated rings. The third-order valence-electron chi connectivity index (χ3n) is 4.66. The Hall–Kier alpha value is -3.33. The Morgan fingerprint density at radius 2 is 1.32 bits per heavy atom. The second kappa shape index (κ2) is 11.2. The second-order valence-corrected chi connectivity index (χ2v) is 6.66. The Kier molecular flexibility index (Phi) is 8.05. The molecule has 0 aliphatic carbocycles. The Morgan fingerprint density at radius 3 is 1.94 bits per heavy atom. The van der Waals surface area contributed by atoms with Gasteiger partial charge in [-0.3, -0.25) is 4.98 Å². The molecular weight excluding hydrogens is 559 g/mol. The second-order valence-electron chi connectivity index (χ2n) is 6.66. The number of hydrogen-bond acceptors (Lipinski definition) is 2. The minimum absolute atomic E-state index is 0. The number of pyridine rings is 1. The smallest absolute Gasteiger partial charge is 0.0587 e. The fourth-order valence-electron chi connectivity index (χ4n) is 3.14. The van der Waals surface area contributed by atoms with E-state index in [1.165, 1.54) is 5.56 Å². The first-order valence-electron chi connectivity index (χ1n) is 9.75. The van der Waals surface area contributed by atoms with E-state index < -0.39 is 0 Å². The zero-order chi connectivity index (χ0) is 20.6. The standard InChI is InChI=1S/C16H13N2.C11H8N.Ir/c1-18-15(13-8-4-2-5-9-13)12-17-16(18)14-10-6-3-7-11-14;1-2-6-10(7-3-1)11-8-4-5-9-12-11;/h2-10,12H,1H3;1-6,8-9H;/q2*-1;. The summed E-state index contributed by atoms with van der Waals surface area (Å²) in [6.45, 7) is 0. The summed E-state index contributed by atoms with van der Waals surface area (Å²) in [4.78, 5) is 8.71.